The van der Waals surface area contributed by atoms with Crippen molar-refractivity contribution in [2.75, 3.05) is 20.0 Å². The lowest BCUT2D eigenvalue weighted by Crippen LogP contribution is -2.51. The summed E-state index contributed by atoms with van der Waals surface area (Å²) in [4.78, 5) is 13.0. The van der Waals surface area contributed by atoms with E-state index >= 15 is 0 Å². The fourth-order valence-corrected chi connectivity index (χ4v) is 7.63. The van der Waals surface area contributed by atoms with Crippen LogP contribution in [0.1, 0.15) is 233 Å². The van der Waals surface area contributed by atoms with Crippen LogP contribution in [0.15, 0.2) is 12.2 Å². The summed E-state index contributed by atoms with van der Waals surface area (Å²) in [7, 11) is 0. The number of carbonyl (C=O) groups excluding carboxylic acids is 1. The Labute approximate surface area is 362 Å². The fourth-order valence-electron chi connectivity index (χ4n) is 7.63. The van der Waals surface area contributed by atoms with E-state index in [0.29, 0.717) is 12.8 Å². The highest BCUT2D eigenvalue weighted by molar-refractivity contribution is 5.76. The van der Waals surface area contributed by atoms with Crippen LogP contribution in [0.5, 0.6) is 0 Å². The number of unbranched alkanes of at least 4 members (excludes halogenated alkanes) is 28. The van der Waals surface area contributed by atoms with Crippen LogP contribution >= 0.6 is 0 Å². The molecule has 0 aromatic heterocycles. The number of allylic oxidation sites excluding steroid dienone is 2. The van der Waals surface area contributed by atoms with Crippen LogP contribution in [-0.4, -0.2) is 99.2 Å². The SMILES string of the molecule is CCCCCCCC/C=C\CCCCCCCCCCCCCC(=O)N[C@@H](COCOC(CO)C(O)C(O)C(C)O)C(O)[C@H](O)CCCCCCCCCCCCCC. The molecule has 5 unspecified atom stereocenters. The molecule has 0 aliphatic rings. The molecule has 10 nitrogen and oxygen atoms in total. The minimum absolute atomic E-state index is 0.161. The van der Waals surface area contributed by atoms with Gasteiger partial charge >= 0.3 is 0 Å². The quantitative estimate of drug-likeness (QED) is 0.0179. The first-order valence-corrected chi connectivity index (χ1v) is 24.8. The molecule has 352 valence electrons. The van der Waals surface area contributed by atoms with Crippen LogP contribution < -0.4 is 5.32 Å². The summed E-state index contributed by atoms with van der Waals surface area (Å²) in [5, 5.41) is 64.2. The zero-order valence-corrected chi connectivity index (χ0v) is 38.6. The number of hydrogen-bond donors (Lipinski definition) is 7. The fraction of sp³-hybridized carbons (Fsp3) is 0.939. The minimum atomic E-state index is -1.55. The van der Waals surface area contributed by atoms with Crippen molar-refractivity contribution in [2.45, 2.75) is 275 Å². The smallest absolute Gasteiger partial charge is 0.220 e. The maximum atomic E-state index is 13.0. The van der Waals surface area contributed by atoms with Gasteiger partial charge in [-0.1, -0.05) is 193 Å². The second kappa shape index (κ2) is 43.5. The van der Waals surface area contributed by atoms with Crippen molar-refractivity contribution in [3.8, 4) is 0 Å². The van der Waals surface area contributed by atoms with E-state index in [2.05, 4.69) is 31.3 Å². The highest BCUT2D eigenvalue weighted by atomic mass is 16.7. The molecule has 0 spiro atoms. The van der Waals surface area contributed by atoms with E-state index in [1.165, 1.54) is 167 Å². The second-order valence-corrected chi connectivity index (χ2v) is 17.5. The van der Waals surface area contributed by atoms with Gasteiger partial charge in [0.2, 0.25) is 5.91 Å². The lowest BCUT2D eigenvalue weighted by molar-refractivity contribution is -0.174. The third kappa shape index (κ3) is 36.1. The summed E-state index contributed by atoms with van der Waals surface area (Å²) in [5.74, 6) is -0.215. The van der Waals surface area contributed by atoms with Crippen molar-refractivity contribution in [3.63, 3.8) is 0 Å². The molecule has 0 heterocycles. The van der Waals surface area contributed by atoms with Gasteiger partial charge in [0.05, 0.1) is 31.5 Å². The predicted octanol–water partition coefficient (Wildman–Crippen LogP) is 10.1. The molecule has 10 heteroatoms. The molecule has 0 radical (unpaired) electrons. The van der Waals surface area contributed by atoms with Crippen molar-refractivity contribution in [1.29, 1.82) is 0 Å². The number of hydrogen-bond acceptors (Lipinski definition) is 9. The van der Waals surface area contributed by atoms with Gasteiger partial charge < -0.3 is 45.4 Å². The molecule has 7 N–H and O–H groups in total. The number of aliphatic hydroxyl groups is 6. The first kappa shape index (κ1) is 57.9. The van der Waals surface area contributed by atoms with Gasteiger partial charge in [0.1, 0.15) is 31.2 Å². The molecule has 0 rings (SSSR count). The molecule has 1 amide bonds. The van der Waals surface area contributed by atoms with Crippen LogP contribution in [0.4, 0.5) is 0 Å². The van der Waals surface area contributed by atoms with Crippen molar-refractivity contribution in [1.82, 2.24) is 5.32 Å². The number of carbonyl (C=O) groups is 1. The average Bonchev–Trinajstić information content (AvgIpc) is 3.23. The minimum Gasteiger partial charge on any atom is -0.394 e. The van der Waals surface area contributed by atoms with E-state index in [9.17, 15) is 35.4 Å². The van der Waals surface area contributed by atoms with Gasteiger partial charge in [-0.2, -0.15) is 0 Å². The Balaban J connectivity index is 4.42. The number of amides is 1. The molecule has 0 bridgehead atoms. The van der Waals surface area contributed by atoms with Crippen molar-refractivity contribution >= 4 is 5.91 Å². The maximum Gasteiger partial charge on any atom is 0.220 e. The van der Waals surface area contributed by atoms with Crippen LogP contribution in [0.3, 0.4) is 0 Å². The van der Waals surface area contributed by atoms with E-state index in [0.717, 1.165) is 38.5 Å². The van der Waals surface area contributed by atoms with E-state index in [-0.39, 0.29) is 12.5 Å². The summed E-state index contributed by atoms with van der Waals surface area (Å²) in [6.07, 6.45) is 35.8. The second-order valence-electron chi connectivity index (χ2n) is 17.5. The van der Waals surface area contributed by atoms with Crippen molar-refractivity contribution < 1.29 is 44.9 Å². The third-order valence-electron chi connectivity index (χ3n) is 11.7. The van der Waals surface area contributed by atoms with Crippen LogP contribution in [-0.2, 0) is 14.3 Å². The Morgan fingerprint density at radius 1 is 0.542 bits per heavy atom. The number of rotatable bonds is 46. The Morgan fingerprint density at radius 3 is 1.37 bits per heavy atom. The molecule has 59 heavy (non-hydrogen) atoms. The molecule has 0 aromatic carbocycles. The van der Waals surface area contributed by atoms with Gasteiger partial charge in [-0.25, -0.2) is 0 Å². The van der Waals surface area contributed by atoms with Gasteiger partial charge in [-0.05, 0) is 45.4 Å². The molecule has 0 saturated carbocycles. The van der Waals surface area contributed by atoms with Gasteiger partial charge in [0.15, 0.2) is 0 Å². The van der Waals surface area contributed by atoms with Gasteiger partial charge in [-0.15, -0.1) is 0 Å². The lowest BCUT2D eigenvalue weighted by Gasteiger charge is -2.29. The van der Waals surface area contributed by atoms with Gasteiger partial charge in [0, 0.05) is 6.42 Å². The molecule has 0 aromatic rings. The first-order chi connectivity index (χ1) is 28.7. The summed E-state index contributed by atoms with van der Waals surface area (Å²) in [6, 6.07) is -0.884. The monoisotopic (exact) mass is 844 g/mol. The number of ether oxygens (including phenoxy) is 2. The van der Waals surface area contributed by atoms with Crippen molar-refractivity contribution in [2.24, 2.45) is 0 Å². The van der Waals surface area contributed by atoms with Crippen molar-refractivity contribution in [3.05, 3.63) is 12.2 Å². The Bertz CT molecular complexity index is 907. The highest BCUT2D eigenvalue weighted by Gasteiger charge is 2.31. The lowest BCUT2D eigenvalue weighted by atomic mass is 9.99. The van der Waals surface area contributed by atoms with E-state index in [1.54, 1.807) is 0 Å². The topological polar surface area (TPSA) is 169 Å². The zero-order valence-electron chi connectivity index (χ0n) is 38.6. The number of nitrogens with one attached hydrogen (secondary N) is 1. The van der Waals surface area contributed by atoms with E-state index in [1.807, 2.05) is 0 Å². The van der Waals surface area contributed by atoms with Gasteiger partial charge in [0.25, 0.3) is 0 Å². The normalized spacial score (nSPS) is 15.6. The molecule has 0 aliphatic heterocycles. The van der Waals surface area contributed by atoms with Crippen LogP contribution in [0, 0.1) is 0 Å². The summed E-state index contributed by atoms with van der Waals surface area (Å²) in [6.45, 7) is 4.64. The summed E-state index contributed by atoms with van der Waals surface area (Å²) < 4.78 is 11.0. The first-order valence-electron chi connectivity index (χ1n) is 24.8. The van der Waals surface area contributed by atoms with E-state index in [4.69, 9.17) is 9.47 Å². The zero-order chi connectivity index (χ0) is 43.6. The Hall–Kier alpha value is -1.11. The largest absolute Gasteiger partial charge is 0.394 e. The van der Waals surface area contributed by atoms with Crippen LogP contribution in [0.25, 0.3) is 0 Å². The van der Waals surface area contributed by atoms with E-state index < -0.39 is 56.1 Å². The number of aliphatic hydroxyl groups excluding tert-OH is 6. The molecule has 0 saturated heterocycles. The highest BCUT2D eigenvalue weighted by Crippen LogP contribution is 2.17. The Morgan fingerprint density at radius 2 is 0.949 bits per heavy atom. The predicted molar refractivity (Wildman–Crippen MR) is 243 cm³/mol. The molecule has 0 fully saturated rings. The molecular weight excluding hydrogens is 747 g/mol. The maximum absolute atomic E-state index is 13.0. The van der Waals surface area contributed by atoms with Crippen LogP contribution in [0.2, 0.25) is 0 Å². The standard InChI is InChI=1S/C49H97NO9/c1-4-6-8-10-12-14-16-18-19-20-21-22-23-24-25-26-28-30-32-34-36-38-46(54)50-43(40-58-41-59-45(39-51)49(57)47(55)42(3)52)48(56)44(53)37-35-33-31-29-27-17-15-13-11-9-7-5-2/h18-19,42-45,47-49,51-53,55-57H,4-17,20-41H2,1-3H3,(H,50,54)/b19-18-/t42?,43-,44+,45?,47?,48?,49?/m0/s1. The summed E-state index contributed by atoms with van der Waals surface area (Å²) >= 11 is 0. The average molecular weight is 844 g/mol. The Kier molecular flexibility index (Phi) is 42.7. The van der Waals surface area contributed by atoms with Gasteiger partial charge in [-0.3, -0.25) is 4.79 Å². The third-order valence-corrected chi connectivity index (χ3v) is 11.7. The summed E-state index contributed by atoms with van der Waals surface area (Å²) in [5.41, 5.74) is 0. The molecule has 7 atom stereocenters. The molecular formula is C49H97NO9. The molecule has 0 aliphatic carbocycles.